The Labute approximate surface area is 214 Å². The minimum Gasteiger partial charge on any atom is -0.339 e. The number of sulfonamides is 1. The highest BCUT2D eigenvalue weighted by atomic mass is 32.2. The SMILES string of the molecule is N#C[C@H](Cc1ccc(-c2ccc(S(=O)(=O)N3CCCCC3)cc2)cc1F)NC(=O)[C@H]1NC2CCC1C2.[HH].[HH]. The van der Waals surface area contributed by atoms with Crippen LogP contribution in [0.25, 0.3) is 11.1 Å². The standard InChI is InChI=1S/C27H31FN4O3S.2H2/c28-25-16-19(18-7-10-24(11-8-18)36(34,35)32-12-2-1-3-13-32)4-5-20(25)14-23(17-29)31-27(33)26-21-6-9-22(15-21)30-26;;/h4-5,7-8,10-11,16,21-23,26,30H,1-3,6,9,12-15H2,(H,31,33);2*1H/t21?,22?,23-,26-;;/m0../s1. The second kappa shape index (κ2) is 10.3. The van der Waals surface area contributed by atoms with E-state index in [1.807, 2.05) is 0 Å². The van der Waals surface area contributed by atoms with Gasteiger partial charge in [0.2, 0.25) is 15.9 Å². The molecule has 2 N–H and O–H groups in total. The molecule has 2 aromatic carbocycles. The van der Waals surface area contributed by atoms with Gasteiger partial charge in [-0.15, -0.1) is 0 Å². The summed E-state index contributed by atoms with van der Waals surface area (Å²) in [5, 5.41) is 15.6. The molecule has 2 aliphatic heterocycles. The molecule has 7 nitrogen and oxygen atoms in total. The number of nitriles is 1. The van der Waals surface area contributed by atoms with Crippen LogP contribution in [0.1, 0.15) is 46.9 Å². The molecule has 2 bridgehead atoms. The monoisotopic (exact) mass is 514 g/mol. The van der Waals surface area contributed by atoms with Crippen LogP contribution < -0.4 is 10.6 Å². The van der Waals surface area contributed by atoms with E-state index in [1.54, 1.807) is 36.4 Å². The van der Waals surface area contributed by atoms with E-state index in [1.165, 1.54) is 10.4 Å². The summed E-state index contributed by atoms with van der Waals surface area (Å²) in [5.74, 6) is -0.345. The maximum absolute atomic E-state index is 15.0. The number of nitrogens with zero attached hydrogens (tertiary/aromatic N) is 2. The largest absolute Gasteiger partial charge is 0.339 e. The summed E-state index contributed by atoms with van der Waals surface area (Å²) < 4.78 is 42.2. The lowest BCUT2D eigenvalue weighted by atomic mass is 9.98. The van der Waals surface area contributed by atoms with Crippen LogP contribution >= 0.6 is 0 Å². The van der Waals surface area contributed by atoms with E-state index >= 15 is 0 Å². The van der Waals surface area contributed by atoms with E-state index in [9.17, 15) is 22.9 Å². The third-order valence-electron chi connectivity index (χ3n) is 7.73. The number of rotatable bonds is 7. The molecule has 9 heteroatoms. The van der Waals surface area contributed by atoms with Crippen molar-refractivity contribution in [3.8, 4) is 17.2 Å². The highest BCUT2D eigenvalue weighted by molar-refractivity contribution is 7.89. The summed E-state index contributed by atoms with van der Waals surface area (Å²) in [5.41, 5.74) is 1.66. The topological polar surface area (TPSA) is 102 Å². The zero-order valence-corrected chi connectivity index (χ0v) is 20.9. The Bertz CT molecular complexity index is 1280. The number of hydrogen-bond donors (Lipinski definition) is 2. The average molecular weight is 515 g/mol. The van der Waals surface area contributed by atoms with Gasteiger partial charge in [0.15, 0.2) is 0 Å². The quantitative estimate of drug-likeness (QED) is 0.584. The minimum absolute atomic E-state index is 0. The van der Waals surface area contributed by atoms with Crippen LogP contribution in [-0.4, -0.2) is 49.8 Å². The van der Waals surface area contributed by atoms with Gasteiger partial charge >= 0.3 is 0 Å². The maximum Gasteiger partial charge on any atom is 0.243 e. The number of hydrogen-bond acceptors (Lipinski definition) is 5. The van der Waals surface area contributed by atoms with Crippen molar-refractivity contribution in [2.24, 2.45) is 5.92 Å². The van der Waals surface area contributed by atoms with E-state index in [0.29, 0.717) is 41.7 Å². The summed E-state index contributed by atoms with van der Waals surface area (Å²) in [4.78, 5) is 12.9. The summed E-state index contributed by atoms with van der Waals surface area (Å²) in [7, 11) is -3.52. The van der Waals surface area contributed by atoms with Crippen molar-refractivity contribution in [2.45, 2.75) is 68.0 Å². The first-order chi connectivity index (χ1) is 17.3. The number of carbonyl (C=O) groups is 1. The average Bonchev–Trinajstić information content (AvgIpc) is 3.54. The maximum atomic E-state index is 15.0. The van der Waals surface area contributed by atoms with Gasteiger partial charge in [0.05, 0.1) is 17.0 Å². The number of benzene rings is 2. The number of piperidine rings is 2. The molecule has 3 aliphatic rings. The molecule has 2 unspecified atom stereocenters. The Balaban J connectivity index is 0.00000200. The van der Waals surface area contributed by atoms with Crippen LogP contribution in [0.15, 0.2) is 47.4 Å². The van der Waals surface area contributed by atoms with Crippen LogP contribution in [0.2, 0.25) is 0 Å². The lowest BCUT2D eigenvalue weighted by Crippen LogP contribution is -2.50. The van der Waals surface area contributed by atoms with Gasteiger partial charge in [0, 0.05) is 28.4 Å². The normalized spacial score (nSPS) is 24.8. The van der Waals surface area contributed by atoms with Crippen LogP contribution in [-0.2, 0) is 21.2 Å². The van der Waals surface area contributed by atoms with Crippen LogP contribution in [0, 0.1) is 23.1 Å². The molecular weight excluding hydrogens is 479 g/mol. The Hall–Kier alpha value is -2.80. The molecule has 1 aliphatic carbocycles. The molecule has 5 rings (SSSR count). The van der Waals surface area contributed by atoms with Crippen molar-refractivity contribution in [2.75, 3.05) is 13.1 Å². The van der Waals surface area contributed by atoms with Gasteiger partial charge in [-0.25, -0.2) is 12.8 Å². The van der Waals surface area contributed by atoms with Crippen molar-refractivity contribution in [3.63, 3.8) is 0 Å². The fourth-order valence-corrected chi connectivity index (χ4v) is 7.24. The number of amides is 1. The Morgan fingerprint density at radius 3 is 2.47 bits per heavy atom. The highest BCUT2D eigenvalue weighted by Crippen LogP contribution is 2.35. The summed E-state index contributed by atoms with van der Waals surface area (Å²) in [6, 6.07) is 12.6. The third kappa shape index (κ3) is 5.03. The van der Waals surface area contributed by atoms with Crippen molar-refractivity contribution in [3.05, 3.63) is 53.8 Å². The Morgan fingerprint density at radius 1 is 1.14 bits per heavy atom. The molecule has 194 valence electrons. The number of nitrogens with one attached hydrogen (secondary N) is 2. The molecule has 4 atom stereocenters. The van der Waals surface area contributed by atoms with E-state index in [2.05, 4.69) is 16.7 Å². The Kier molecular flexibility index (Phi) is 7.11. The molecule has 2 saturated heterocycles. The number of halogens is 1. The molecule has 2 heterocycles. The number of carbonyl (C=O) groups excluding carboxylic acids is 1. The van der Waals surface area contributed by atoms with Crippen LogP contribution in [0.5, 0.6) is 0 Å². The zero-order chi connectivity index (χ0) is 25.3. The fourth-order valence-electron chi connectivity index (χ4n) is 5.73. The highest BCUT2D eigenvalue weighted by Gasteiger charge is 2.43. The molecule has 0 radical (unpaired) electrons. The molecule has 2 aromatic rings. The van der Waals surface area contributed by atoms with E-state index in [-0.39, 0.29) is 26.1 Å². The van der Waals surface area contributed by atoms with Gasteiger partial charge in [-0.2, -0.15) is 9.57 Å². The lowest BCUT2D eigenvalue weighted by molar-refractivity contribution is -0.124. The van der Waals surface area contributed by atoms with Gasteiger partial charge in [-0.3, -0.25) is 4.79 Å². The summed E-state index contributed by atoms with van der Waals surface area (Å²) in [6.07, 6.45) is 5.97. The molecule has 3 fully saturated rings. The predicted octanol–water partition coefficient (Wildman–Crippen LogP) is 3.85. The predicted molar refractivity (Wildman–Crippen MR) is 138 cm³/mol. The molecule has 1 saturated carbocycles. The summed E-state index contributed by atoms with van der Waals surface area (Å²) in [6.45, 7) is 1.08. The van der Waals surface area contributed by atoms with Crippen LogP contribution in [0.3, 0.4) is 0 Å². The van der Waals surface area contributed by atoms with E-state index in [4.69, 9.17) is 0 Å². The Morgan fingerprint density at radius 2 is 1.86 bits per heavy atom. The zero-order valence-electron chi connectivity index (χ0n) is 20.1. The first-order valence-electron chi connectivity index (χ1n) is 12.7. The number of fused-ring (bicyclic) bond motifs is 2. The second-order valence-corrected chi connectivity index (χ2v) is 12.0. The first-order valence-corrected chi connectivity index (χ1v) is 14.1. The minimum atomic E-state index is -3.52. The van der Waals surface area contributed by atoms with Crippen molar-refractivity contribution in [1.29, 1.82) is 5.26 Å². The van der Waals surface area contributed by atoms with Crippen molar-refractivity contribution in [1.82, 2.24) is 14.9 Å². The second-order valence-electron chi connectivity index (χ2n) is 10.1. The van der Waals surface area contributed by atoms with Gasteiger partial charge in [-0.05, 0) is 72.9 Å². The van der Waals surface area contributed by atoms with Crippen LogP contribution in [0.4, 0.5) is 4.39 Å². The molecule has 0 spiro atoms. The third-order valence-corrected chi connectivity index (χ3v) is 9.65. The van der Waals surface area contributed by atoms with Gasteiger partial charge in [-0.1, -0.05) is 30.7 Å². The molecule has 36 heavy (non-hydrogen) atoms. The summed E-state index contributed by atoms with van der Waals surface area (Å²) >= 11 is 0. The van der Waals surface area contributed by atoms with Gasteiger partial charge < -0.3 is 10.6 Å². The van der Waals surface area contributed by atoms with Crippen molar-refractivity contribution < 1.29 is 20.5 Å². The smallest absolute Gasteiger partial charge is 0.243 e. The van der Waals surface area contributed by atoms with Crippen molar-refractivity contribution >= 4 is 15.9 Å². The molecule has 1 amide bonds. The van der Waals surface area contributed by atoms with Gasteiger partial charge in [0.1, 0.15) is 11.9 Å². The fraction of sp³-hybridized carbons (Fsp3) is 0.481. The van der Waals surface area contributed by atoms with Gasteiger partial charge in [0.25, 0.3) is 0 Å². The molecule has 0 aromatic heterocycles. The van der Waals surface area contributed by atoms with E-state index in [0.717, 1.165) is 38.5 Å². The molecular formula is C27H35FN4O3S. The first kappa shape index (κ1) is 24.9. The lowest BCUT2D eigenvalue weighted by Gasteiger charge is -2.25. The van der Waals surface area contributed by atoms with E-state index < -0.39 is 21.9 Å².